The molecule has 2 aliphatic heterocycles. The molecule has 4 heterocycles. The molecule has 8 heteroatoms. The molecule has 0 unspecified atom stereocenters. The van der Waals surface area contributed by atoms with Crippen LogP contribution in [-0.2, 0) is 24.2 Å². The van der Waals surface area contributed by atoms with Crippen molar-refractivity contribution >= 4 is 17.5 Å². The number of rotatable bonds is 4. The molecule has 1 N–H and O–H groups in total. The molecule has 2 amide bonds. The number of nitrogens with zero attached hydrogens (tertiary/aromatic N) is 5. The molecule has 1 saturated heterocycles. The number of carbonyl (C=O) groups excluding carboxylic acids is 2. The van der Waals surface area contributed by atoms with E-state index >= 15 is 0 Å². The zero-order valence-electron chi connectivity index (χ0n) is 17.9. The predicted molar refractivity (Wildman–Crippen MR) is 119 cm³/mol. The van der Waals surface area contributed by atoms with Gasteiger partial charge in [-0.2, -0.15) is 0 Å². The lowest BCUT2D eigenvalue weighted by atomic mass is 9.80. The van der Waals surface area contributed by atoms with Crippen LogP contribution in [0.15, 0.2) is 54.7 Å². The van der Waals surface area contributed by atoms with Gasteiger partial charge in [-0.1, -0.05) is 24.3 Å². The van der Waals surface area contributed by atoms with Gasteiger partial charge in [0.15, 0.2) is 0 Å². The van der Waals surface area contributed by atoms with Gasteiger partial charge in [-0.3, -0.25) is 14.6 Å². The third-order valence-electron chi connectivity index (χ3n) is 6.66. The van der Waals surface area contributed by atoms with E-state index < -0.39 is 0 Å². The maximum absolute atomic E-state index is 12.8. The first-order valence-electron chi connectivity index (χ1n) is 11.1. The Morgan fingerprint density at radius 2 is 1.78 bits per heavy atom. The Morgan fingerprint density at radius 3 is 2.59 bits per heavy atom. The molecule has 1 aromatic carbocycles. The molecule has 3 aromatic rings. The second-order valence-corrected chi connectivity index (χ2v) is 8.72. The molecule has 8 nitrogen and oxygen atoms in total. The molecule has 2 aromatic heterocycles. The number of hydrogen-bond donors (Lipinski definition) is 1. The van der Waals surface area contributed by atoms with E-state index in [2.05, 4.69) is 20.5 Å². The molecule has 0 aliphatic carbocycles. The number of carbonyl (C=O) groups is 2. The van der Waals surface area contributed by atoms with Gasteiger partial charge in [0.2, 0.25) is 11.7 Å². The fourth-order valence-corrected chi connectivity index (χ4v) is 4.81. The Labute approximate surface area is 186 Å². The maximum atomic E-state index is 12.8. The molecule has 5 rings (SSSR count). The standard InChI is InChI=1S/C24H26N6O2/c31-21(16-19-8-4-5-13-25-19)29-14-11-24(17-29)10-9-20-27-28-22(30(20)15-12-24)23(32)26-18-6-2-1-3-7-18/h1-8,13H,9-12,14-17H2,(H,26,32)/t24-/m0/s1. The molecule has 164 valence electrons. The van der Waals surface area contributed by atoms with Crippen molar-refractivity contribution < 1.29 is 9.59 Å². The number of aryl methyl sites for hydroxylation is 1. The number of aromatic nitrogens is 4. The van der Waals surface area contributed by atoms with E-state index in [1.165, 1.54) is 0 Å². The van der Waals surface area contributed by atoms with E-state index in [-0.39, 0.29) is 17.2 Å². The molecule has 1 fully saturated rings. The zero-order chi connectivity index (χ0) is 22.0. The first-order chi connectivity index (χ1) is 15.6. The lowest BCUT2D eigenvalue weighted by molar-refractivity contribution is -0.129. The Hall–Kier alpha value is -3.55. The van der Waals surface area contributed by atoms with Crippen molar-refractivity contribution in [2.75, 3.05) is 18.4 Å². The highest BCUT2D eigenvalue weighted by molar-refractivity contribution is 6.01. The van der Waals surface area contributed by atoms with Gasteiger partial charge in [-0.25, -0.2) is 0 Å². The van der Waals surface area contributed by atoms with Crippen LogP contribution in [0.3, 0.4) is 0 Å². The van der Waals surface area contributed by atoms with Crippen LogP contribution in [-0.4, -0.2) is 49.6 Å². The van der Waals surface area contributed by atoms with E-state index in [0.29, 0.717) is 18.8 Å². The third kappa shape index (κ3) is 4.12. The molecule has 1 spiro atoms. The Bertz CT molecular complexity index is 1110. The molecule has 0 bridgehead atoms. The molecule has 0 saturated carbocycles. The summed E-state index contributed by atoms with van der Waals surface area (Å²) in [5, 5.41) is 11.4. The van der Waals surface area contributed by atoms with E-state index in [1.54, 1.807) is 6.20 Å². The van der Waals surface area contributed by atoms with Crippen LogP contribution < -0.4 is 5.32 Å². The summed E-state index contributed by atoms with van der Waals surface area (Å²) in [6.45, 7) is 2.21. The van der Waals surface area contributed by atoms with E-state index in [9.17, 15) is 9.59 Å². The Morgan fingerprint density at radius 1 is 0.969 bits per heavy atom. The van der Waals surface area contributed by atoms with Crippen LogP contribution in [0.4, 0.5) is 5.69 Å². The Kier molecular flexibility index (Phi) is 5.43. The summed E-state index contributed by atoms with van der Waals surface area (Å²) < 4.78 is 1.95. The van der Waals surface area contributed by atoms with Gasteiger partial charge in [0.05, 0.1) is 6.42 Å². The van der Waals surface area contributed by atoms with Gasteiger partial charge < -0.3 is 14.8 Å². The molecule has 32 heavy (non-hydrogen) atoms. The van der Waals surface area contributed by atoms with Crippen molar-refractivity contribution in [1.82, 2.24) is 24.6 Å². The number of benzene rings is 1. The number of amides is 2. The van der Waals surface area contributed by atoms with Crippen LogP contribution in [0.2, 0.25) is 0 Å². The second-order valence-electron chi connectivity index (χ2n) is 8.72. The molecular weight excluding hydrogens is 404 g/mol. The lowest BCUT2D eigenvalue weighted by Crippen LogP contribution is -2.33. The fourth-order valence-electron chi connectivity index (χ4n) is 4.81. The summed E-state index contributed by atoms with van der Waals surface area (Å²) in [4.78, 5) is 31.9. The van der Waals surface area contributed by atoms with E-state index in [1.807, 2.05) is 58.0 Å². The van der Waals surface area contributed by atoms with Crippen LogP contribution in [0.1, 0.15) is 41.4 Å². The van der Waals surface area contributed by atoms with Gasteiger partial charge in [0.1, 0.15) is 5.82 Å². The van der Waals surface area contributed by atoms with Crippen LogP contribution in [0.5, 0.6) is 0 Å². The number of likely N-dealkylation sites (tertiary alicyclic amines) is 1. The van der Waals surface area contributed by atoms with Crippen molar-refractivity contribution in [3.63, 3.8) is 0 Å². The highest BCUT2D eigenvalue weighted by Crippen LogP contribution is 2.41. The molecule has 0 radical (unpaired) electrons. The van der Waals surface area contributed by atoms with Crippen LogP contribution in [0.25, 0.3) is 0 Å². The summed E-state index contributed by atoms with van der Waals surface area (Å²) in [6.07, 6.45) is 5.64. The van der Waals surface area contributed by atoms with Crippen molar-refractivity contribution in [3.8, 4) is 0 Å². The summed E-state index contributed by atoms with van der Waals surface area (Å²) >= 11 is 0. The number of anilines is 1. The van der Waals surface area contributed by atoms with Crippen molar-refractivity contribution in [1.29, 1.82) is 0 Å². The van der Waals surface area contributed by atoms with Crippen LogP contribution in [0, 0.1) is 5.41 Å². The average molecular weight is 431 g/mol. The number of para-hydroxylation sites is 1. The Balaban J connectivity index is 1.24. The summed E-state index contributed by atoms with van der Waals surface area (Å²) in [6, 6.07) is 15.0. The first kappa shape index (κ1) is 20.4. The number of pyridine rings is 1. The summed E-state index contributed by atoms with van der Waals surface area (Å²) in [5.74, 6) is 1.08. The topological polar surface area (TPSA) is 93.0 Å². The van der Waals surface area contributed by atoms with Crippen molar-refractivity contribution in [2.24, 2.45) is 5.41 Å². The van der Waals surface area contributed by atoms with E-state index in [4.69, 9.17) is 0 Å². The monoisotopic (exact) mass is 430 g/mol. The normalized spacial score (nSPS) is 20.1. The van der Waals surface area contributed by atoms with Gasteiger partial charge in [0.25, 0.3) is 5.91 Å². The highest BCUT2D eigenvalue weighted by atomic mass is 16.2. The summed E-state index contributed by atoms with van der Waals surface area (Å²) in [7, 11) is 0. The number of fused-ring (bicyclic) bond motifs is 1. The number of nitrogens with one attached hydrogen (secondary N) is 1. The summed E-state index contributed by atoms with van der Waals surface area (Å²) in [5.41, 5.74) is 1.60. The quantitative estimate of drug-likeness (QED) is 0.687. The van der Waals surface area contributed by atoms with Crippen LogP contribution >= 0.6 is 0 Å². The minimum Gasteiger partial charge on any atom is -0.342 e. The van der Waals surface area contributed by atoms with Gasteiger partial charge in [-0.05, 0) is 48.9 Å². The van der Waals surface area contributed by atoms with Crippen molar-refractivity contribution in [2.45, 2.75) is 38.6 Å². The SMILES string of the molecule is O=C(Nc1ccccc1)c1nnc2n1CC[C@]1(CC2)CCN(C(=O)Cc2ccccn2)C1. The molecule has 2 aliphatic rings. The fraction of sp³-hybridized carbons (Fsp3) is 0.375. The lowest BCUT2D eigenvalue weighted by Gasteiger charge is -2.27. The zero-order valence-corrected chi connectivity index (χ0v) is 17.9. The van der Waals surface area contributed by atoms with E-state index in [0.717, 1.165) is 56.0 Å². The van der Waals surface area contributed by atoms with Gasteiger partial charge in [0, 0.05) is 43.6 Å². The van der Waals surface area contributed by atoms with Gasteiger partial charge in [-0.15, -0.1) is 10.2 Å². The minimum absolute atomic E-state index is 0.0631. The predicted octanol–water partition coefficient (Wildman–Crippen LogP) is 2.72. The number of hydrogen-bond acceptors (Lipinski definition) is 5. The van der Waals surface area contributed by atoms with Gasteiger partial charge >= 0.3 is 0 Å². The second kappa shape index (κ2) is 8.53. The third-order valence-corrected chi connectivity index (χ3v) is 6.66. The largest absolute Gasteiger partial charge is 0.342 e. The minimum atomic E-state index is -0.246. The average Bonchev–Trinajstić information content (AvgIpc) is 3.38. The highest BCUT2D eigenvalue weighted by Gasteiger charge is 2.41. The smallest absolute Gasteiger partial charge is 0.293 e. The van der Waals surface area contributed by atoms with Crippen molar-refractivity contribution in [3.05, 3.63) is 72.1 Å². The molecule has 1 atom stereocenters. The molecular formula is C24H26N6O2. The maximum Gasteiger partial charge on any atom is 0.293 e. The first-order valence-corrected chi connectivity index (χ1v) is 11.1.